The van der Waals surface area contributed by atoms with E-state index in [-0.39, 0.29) is 17.0 Å². The summed E-state index contributed by atoms with van der Waals surface area (Å²) in [5, 5.41) is 9.42. The SMILES string of the molecule is Nc1ccc(S(=O)(=O)NC2CCC(O)CC2)c(Br)c1. The molecule has 0 atom stereocenters. The van der Waals surface area contributed by atoms with Crippen LogP contribution in [0.2, 0.25) is 0 Å². The summed E-state index contributed by atoms with van der Waals surface area (Å²) in [6.45, 7) is 0. The Hall–Kier alpha value is -0.630. The van der Waals surface area contributed by atoms with Gasteiger partial charge < -0.3 is 10.8 Å². The molecule has 0 spiro atoms. The van der Waals surface area contributed by atoms with E-state index in [1.807, 2.05) is 0 Å². The second-order valence-electron chi connectivity index (χ2n) is 4.82. The first-order valence-corrected chi connectivity index (χ1v) is 8.41. The maximum Gasteiger partial charge on any atom is 0.241 e. The van der Waals surface area contributed by atoms with E-state index in [9.17, 15) is 13.5 Å². The van der Waals surface area contributed by atoms with Crippen molar-refractivity contribution >= 4 is 31.6 Å². The van der Waals surface area contributed by atoms with E-state index in [1.165, 1.54) is 6.07 Å². The molecular weight excluding hydrogens is 332 g/mol. The fourth-order valence-corrected chi connectivity index (χ4v) is 4.61. The standard InChI is InChI=1S/C12H17BrN2O3S/c13-11-7-8(14)1-6-12(11)19(17,18)15-9-2-4-10(16)5-3-9/h1,6-7,9-10,15-16H,2-5,14H2. The van der Waals surface area contributed by atoms with Gasteiger partial charge in [-0.05, 0) is 59.8 Å². The first kappa shape index (κ1) is 14.8. The van der Waals surface area contributed by atoms with Gasteiger partial charge in [0.15, 0.2) is 0 Å². The highest BCUT2D eigenvalue weighted by molar-refractivity contribution is 9.10. The van der Waals surface area contributed by atoms with Crippen LogP contribution >= 0.6 is 15.9 Å². The van der Waals surface area contributed by atoms with Crippen LogP contribution in [0.3, 0.4) is 0 Å². The Morgan fingerprint density at radius 3 is 2.47 bits per heavy atom. The molecule has 5 nitrogen and oxygen atoms in total. The number of aliphatic hydroxyl groups excluding tert-OH is 1. The minimum Gasteiger partial charge on any atom is -0.399 e. The topological polar surface area (TPSA) is 92.4 Å². The lowest BCUT2D eigenvalue weighted by molar-refractivity contribution is 0.120. The van der Waals surface area contributed by atoms with Crippen LogP contribution in [0.25, 0.3) is 0 Å². The van der Waals surface area contributed by atoms with Gasteiger partial charge in [-0.3, -0.25) is 0 Å². The quantitative estimate of drug-likeness (QED) is 0.723. The number of hydrogen-bond donors (Lipinski definition) is 3. The molecular formula is C12H17BrN2O3S. The maximum absolute atomic E-state index is 12.3. The van der Waals surface area contributed by atoms with Crippen LogP contribution in [-0.4, -0.2) is 25.7 Å². The molecule has 106 valence electrons. The first-order valence-electron chi connectivity index (χ1n) is 6.14. The molecule has 1 aromatic carbocycles. The monoisotopic (exact) mass is 348 g/mol. The molecule has 0 aromatic heterocycles. The van der Waals surface area contributed by atoms with Crippen LogP contribution in [0.1, 0.15) is 25.7 Å². The lowest BCUT2D eigenvalue weighted by Crippen LogP contribution is -2.38. The van der Waals surface area contributed by atoms with E-state index >= 15 is 0 Å². The minimum absolute atomic E-state index is 0.113. The van der Waals surface area contributed by atoms with Crippen LogP contribution in [0.5, 0.6) is 0 Å². The summed E-state index contributed by atoms with van der Waals surface area (Å²) in [5.74, 6) is 0. The number of sulfonamides is 1. The van der Waals surface area contributed by atoms with Gasteiger partial charge in [0.2, 0.25) is 10.0 Å². The van der Waals surface area contributed by atoms with E-state index in [4.69, 9.17) is 5.73 Å². The van der Waals surface area contributed by atoms with Crippen LogP contribution in [0, 0.1) is 0 Å². The third kappa shape index (κ3) is 3.68. The number of anilines is 1. The number of rotatable bonds is 3. The molecule has 0 unspecified atom stereocenters. The van der Waals surface area contributed by atoms with Crippen LogP contribution in [0.15, 0.2) is 27.6 Å². The summed E-state index contributed by atoms with van der Waals surface area (Å²) in [6.07, 6.45) is 2.29. The molecule has 1 fully saturated rings. The third-order valence-corrected chi connectivity index (χ3v) is 5.76. The normalized spacial score (nSPS) is 24.3. The Balaban J connectivity index is 2.14. The first-order chi connectivity index (χ1) is 8.88. The number of benzene rings is 1. The molecule has 0 aliphatic heterocycles. The number of hydrogen-bond acceptors (Lipinski definition) is 4. The molecule has 7 heteroatoms. The highest BCUT2D eigenvalue weighted by atomic mass is 79.9. The van der Waals surface area contributed by atoms with Crippen LogP contribution in [0.4, 0.5) is 5.69 Å². The smallest absolute Gasteiger partial charge is 0.241 e. The molecule has 0 saturated heterocycles. The van der Waals surface area contributed by atoms with E-state index in [0.717, 1.165) is 0 Å². The van der Waals surface area contributed by atoms with Gasteiger partial charge in [-0.1, -0.05) is 0 Å². The van der Waals surface area contributed by atoms with E-state index in [0.29, 0.717) is 35.8 Å². The Bertz CT molecular complexity index is 554. The zero-order valence-electron chi connectivity index (χ0n) is 10.3. The Morgan fingerprint density at radius 1 is 1.26 bits per heavy atom. The summed E-state index contributed by atoms with van der Waals surface area (Å²) in [5.41, 5.74) is 6.10. The van der Waals surface area contributed by atoms with E-state index in [1.54, 1.807) is 12.1 Å². The minimum atomic E-state index is -3.56. The molecule has 0 bridgehead atoms. The molecule has 19 heavy (non-hydrogen) atoms. The van der Waals surface area contributed by atoms with Crippen molar-refractivity contribution in [1.82, 2.24) is 4.72 Å². The molecule has 1 saturated carbocycles. The number of halogens is 1. The number of nitrogens with one attached hydrogen (secondary N) is 1. The molecule has 4 N–H and O–H groups in total. The van der Waals surface area contributed by atoms with Gasteiger partial charge in [-0.15, -0.1) is 0 Å². The average Bonchev–Trinajstić information content (AvgIpc) is 2.31. The van der Waals surface area contributed by atoms with E-state index in [2.05, 4.69) is 20.7 Å². The van der Waals surface area contributed by atoms with Gasteiger partial charge in [0, 0.05) is 16.2 Å². The Labute approximate surface area is 121 Å². The van der Waals surface area contributed by atoms with Crippen molar-refractivity contribution in [1.29, 1.82) is 0 Å². The second kappa shape index (κ2) is 5.78. The number of nitrogen functional groups attached to an aromatic ring is 1. The van der Waals surface area contributed by atoms with Crippen LogP contribution < -0.4 is 10.5 Å². The van der Waals surface area contributed by atoms with Gasteiger partial charge in [0.1, 0.15) is 0 Å². The molecule has 1 aliphatic carbocycles. The highest BCUT2D eigenvalue weighted by Crippen LogP contribution is 2.26. The zero-order chi connectivity index (χ0) is 14.0. The van der Waals surface area contributed by atoms with Crippen molar-refractivity contribution in [2.45, 2.75) is 42.7 Å². The van der Waals surface area contributed by atoms with Gasteiger partial charge >= 0.3 is 0 Å². The van der Waals surface area contributed by atoms with Gasteiger partial charge in [0.25, 0.3) is 0 Å². The molecule has 1 aliphatic rings. The number of aliphatic hydroxyl groups is 1. The fourth-order valence-electron chi connectivity index (χ4n) is 2.21. The second-order valence-corrected chi connectivity index (χ2v) is 7.35. The Morgan fingerprint density at radius 2 is 1.89 bits per heavy atom. The van der Waals surface area contributed by atoms with Crippen molar-refractivity contribution in [2.75, 3.05) is 5.73 Å². The summed E-state index contributed by atoms with van der Waals surface area (Å²) in [4.78, 5) is 0.188. The van der Waals surface area contributed by atoms with Crippen molar-refractivity contribution < 1.29 is 13.5 Å². The summed E-state index contributed by atoms with van der Waals surface area (Å²) in [7, 11) is -3.56. The predicted octanol–water partition coefficient (Wildman–Crippen LogP) is 1.61. The lowest BCUT2D eigenvalue weighted by atomic mass is 9.94. The van der Waals surface area contributed by atoms with Crippen LogP contribution in [-0.2, 0) is 10.0 Å². The van der Waals surface area contributed by atoms with Crippen molar-refractivity contribution in [2.24, 2.45) is 0 Å². The summed E-state index contributed by atoms with van der Waals surface area (Å²) in [6, 6.07) is 4.50. The molecule has 0 radical (unpaired) electrons. The summed E-state index contributed by atoms with van der Waals surface area (Å²) < 4.78 is 27.7. The largest absolute Gasteiger partial charge is 0.399 e. The fraction of sp³-hybridized carbons (Fsp3) is 0.500. The van der Waals surface area contributed by atoms with E-state index < -0.39 is 10.0 Å². The average molecular weight is 349 g/mol. The van der Waals surface area contributed by atoms with Crippen molar-refractivity contribution in [3.05, 3.63) is 22.7 Å². The van der Waals surface area contributed by atoms with Gasteiger partial charge in [-0.2, -0.15) is 0 Å². The summed E-state index contributed by atoms with van der Waals surface area (Å²) >= 11 is 3.22. The lowest BCUT2D eigenvalue weighted by Gasteiger charge is -2.26. The zero-order valence-corrected chi connectivity index (χ0v) is 12.7. The molecule has 1 aromatic rings. The number of nitrogens with two attached hydrogens (primary N) is 1. The Kier molecular flexibility index (Phi) is 4.50. The van der Waals surface area contributed by atoms with Gasteiger partial charge in [-0.25, -0.2) is 13.1 Å². The maximum atomic E-state index is 12.3. The predicted molar refractivity (Wildman–Crippen MR) is 77.1 cm³/mol. The molecule has 0 heterocycles. The molecule has 2 rings (SSSR count). The van der Waals surface area contributed by atoms with Crippen molar-refractivity contribution in [3.63, 3.8) is 0 Å². The van der Waals surface area contributed by atoms with Gasteiger partial charge in [0.05, 0.1) is 11.0 Å². The molecule has 0 amide bonds. The third-order valence-electron chi connectivity index (χ3n) is 3.26. The highest BCUT2D eigenvalue weighted by Gasteiger charge is 2.25. The van der Waals surface area contributed by atoms with Crippen molar-refractivity contribution in [3.8, 4) is 0 Å².